The van der Waals surface area contributed by atoms with Crippen LogP contribution in [0.4, 0.5) is 0 Å². The molecule has 0 spiro atoms. The highest BCUT2D eigenvalue weighted by Crippen LogP contribution is 2.12. The van der Waals surface area contributed by atoms with Gasteiger partial charge in [-0.25, -0.2) is 0 Å². The Bertz CT molecular complexity index is 205. The highest BCUT2D eigenvalue weighted by molar-refractivity contribution is 5.78. The number of carboxylic acid groups (broad SMARTS) is 1. The molecule has 2 N–H and O–H groups in total. The van der Waals surface area contributed by atoms with Crippen molar-refractivity contribution in [3.8, 4) is 0 Å². The maximum absolute atomic E-state index is 11.1. The second kappa shape index (κ2) is 7.63. The van der Waals surface area contributed by atoms with E-state index in [-0.39, 0.29) is 0 Å². The van der Waals surface area contributed by atoms with Crippen LogP contribution in [0.3, 0.4) is 0 Å². The van der Waals surface area contributed by atoms with Crippen LogP contribution in [-0.2, 0) is 4.79 Å². The fourth-order valence-electron chi connectivity index (χ4n) is 1.80. The summed E-state index contributed by atoms with van der Waals surface area (Å²) in [5, 5.41) is 12.3. The van der Waals surface area contributed by atoms with Crippen molar-refractivity contribution in [1.82, 2.24) is 10.2 Å². The first-order chi connectivity index (χ1) is 7.50. The van der Waals surface area contributed by atoms with Crippen LogP contribution in [0.15, 0.2) is 0 Å². The largest absolute Gasteiger partial charge is 0.480 e. The van der Waals surface area contributed by atoms with Crippen molar-refractivity contribution < 1.29 is 9.90 Å². The zero-order valence-electron chi connectivity index (χ0n) is 11.0. The third-order valence-electron chi connectivity index (χ3n) is 3.06. The molecule has 0 saturated heterocycles. The minimum Gasteiger partial charge on any atom is -0.480 e. The number of hydrogen-bond acceptors (Lipinski definition) is 3. The van der Waals surface area contributed by atoms with Gasteiger partial charge in [0.15, 0.2) is 0 Å². The average molecular weight is 230 g/mol. The first kappa shape index (κ1) is 15.4. The molecule has 0 radical (unpaired) electrons. The third-order valence-corrected chi connectivity index (χ3v) is 3.06. The molecule has 1 atom stereocenters. The lowest BCUT2D eigenvalue weighted by atomic mass is 9.96. The van der Waals surface area contributed by atoms with Gasteiger partial charge in [-0.2, -0.15) is 0 Å². The van der Waals surface area contributed by atoms with E-state index in [0.29, 0.717) is 6.42 Å². The molecule has 0 bridgehead atoms. The van der Waals surface area contributed by atoms with E-state index >= 15 is 0 Å². The van der Waals surface area contributed by atoms with Gasteiger partial charge in [-0.3, -0.25) is 4.79 Å². The minimum atomic E-state index is -0.776. The summed E-state index contributed by atoms with van der Waals surface area (Å²) >= 11 is 0. The van der Waals surface area contributed by atoms with Crippen LogP contribution in [0.2, 0.25) is 0 Å². The molecule has 4 nitrogen and oxygen atoms in total. The van der Waals surface area contributed by atoms with Crippen LogP contribution in [0, 0.1) is 0 Å². The molecular weight excluding hydrogens is 204 g/mol. The van der Waals surface area contributed by atoms with E-state index in [2.05, 4.69) is 24.1 Å². The van der Waals surface area contributed by atoms with E-state index in [1.54, 1.807) is 6.92 Å². The van der Waals surface area contributed by atoms with E-state index in [1.165, 1.54) is 0 Å². The Kier molecular flexibility index (Phi) is 7.34. The molecule has 0 aliphatic rings. The van der Waals surface area contributed by atoms with Gasteiger partial charge in [-0.05, 0) is 26.4 Å². The SMILES string of the molecule is CCCC(C)(NCCN(CC)CC)C(=O)O. The highest BCUT2D eigenvalue weighted by Gasteiger charge is 2.30. The van der Waals surface area contributed by atoms with Crippen molar-refractivity contribution in [2.24, 2.45) is 0 Å². The van der Waals surface area contributed by atoms with Crippen LogP contribution < -0.4 is 5.32 Å². The molecule has 0 aliphatic carbocycles. The topological polar surface area (TPSA) is 52.6 Å². The molecular formula is C12H26N2O2. The van der Waals surface area contributed by atoms with E-state index in [1.807, 2.05) is 6.92 Å². The van der Waals surface area contributed by atoms with Gasteiger partial charge < -0.3 is 15.3 Å². The Hall–Kier alpha value is -0.610. The second-order valence-corrected chi connectivity index (χ2v) is 4.34. The Labute approximate surface area is 99.0 Å². The van der Waals surface area contributed by atoms with Crippen molar-refractivity contribution in [2.75, 3.05) is 26.2 Å². The number of nitrogens with zero attached hydrogens (tertiary/aromatic N) is 1. The molecule has 0 aromatic heterocycles. The van der Waals surface area contributed by atoms with Crippen LogP contribution in [0.25, 0.3) is 0 Å². The van der Waals surface area contributed by atoms with E-state index < -0.39 is 11.5 Å². The Morgan fingerprint density at radius 2 is 1.88 bits per heavy atom. The number of rotatable bonds is 9. The molecule has 0 rings (SSSR count). The summed E-state index contributed by atoms with van der Waals surface area (Å²) in [5.74, 6) is -0.756. The maximum Gasteiger partial charge on any atom is 0.323 e. The monoisotopic (exact) mass is 230 g/mol. The van der Waals surface area contributed by atoms with Gasteiger partial charge in [0.05, 0.1) is 0 Å². The van der Waals surface area contributed by atoms with Gasteiger partial charge in [0.2, 0.25) is 0 Å². The zero-order chi connectivity index (χ0) is 12.6. The number of carboxylic acids is 1. The van der Waals surface area contributed by atoms with Crippen molar-refractivity contribution in [3.63, 3.8) is 0 Å². The molecule has 0 aromatic carbocycles. The molecule has 16 heavy (non-hydrogen) atoms. The Morgan fingerprint density at radius 3 is 2.25 bits per heavy atom. The van der Waals surface area contributed by atoms with Gasteiger partial charge in [-0.1, -0.05) is 27.2 Å². The summed E-state index contributed by atoms with van der Waals surface area (Å²) in [6, 6.07) is 0. The summed E-state index contributed by atoms with van der Waals surface area (Å²) in [4.78, 5) is 13.4. The molecule has 0 aliphatic heterocycles. The van der Waals surface area contributed by atoms with Crippen molar-refractivity contribution >= 4 is 5.97 Å². The maximum atomic E-state index is 11.1. The number of hydrogen-bond donors (Lipinski definition) is 2. The predicted molar refractivity (Wildman–Crippen MR) is 66.7 cm³/mol. The third kappa shape index (κ3) is 4.94. The number of carbonyl (C=O) groups is 1. The molecule has 96 valence electrons. The normalized spacial score (nSPS) is 15.1. The molecule has 1 unspecified atom stereocenters. The standard InChI is InChI=1S/C12H26N2O2/c1-5-8-12(4,11(15)16)13-9-10-14(6-2)7-3/h13H,5-10H2,1-4H3,(H,15,16). The van der Waals surface area contributed by atoms with Crippen LogP contribution in [-0.4, -0.2) is 47.7 Å². The van der Waals surface area contributed by atoms with Crippen molar-refractivity contribution in [1.29, 1.82) is 0 Å². The summed E-state index contributed by atoms with van der Waals surface area (Å²) in [6.07, 6.45) is 1.54. The fourth-order valence-corrected chi connectivity index (χ4v) is 1.80. The average Bonchev–Trinajstić information content (AvgIpc) is 2.24. The van der Waals surface area contributed by atoms with Crippen molar-refractivity contribution in [3.05, 3.63) is 0 Å². The molecule has 0 saturated carbocycles. The molecule has 0 fully saturated rings. The summed E-state index contributed by atoms with van der Waals surface area (Å²) in [6.45, 7) is 11.7. The first-order valence-corrected chi connectivity index (χ1v) is 6.20. The van der Waals surface area contributed by atoms with Gasteiger partial charge in [0.25, 0.3) is 0 Å². The Balaban J connectivity index is 4.08. The van der Waals surface area contributed by atoms with Gasteiger partial charge in [0.1, 0.15) is 5.54 Å². The van der Waals surface area contributed by atoms with Gasteiger partial charge in [-0.15, -0.1) is 0 Å². The van der Waals surface area contributed by atoms with Gasteiger partial charge >= 0.3 is 5.97 Å². The number of nitrogens with one attached hydrogen (secondary N) is 1. The number of aliphatic carboxylic acids is 1. The predicted octanol–water partition coefficient (Wildman–Crippen LogP) is 1.56. The Morgan fingerprint density at radius 1 is 1.31 bits per heavy atom. The summed E-state index contributed by atoms with van der Waals surface area (Å²) in [5.41, 5.74) is -0.776. The highest BCUT2D eigenvalue weighted by atomic mass is 16.4. The smallest absolute Gasteiger partial charge is 0.323 e. The van der Waals surface area contributed by atoms with Crippen LogP contribution in [0.5, 0.6) is 0 Å². The molecule has 0 amide bonds. The second-order valence-electron chi connectivity index (χ2n) is 4.34. The van der Waals surface area contributed by atoms with Crippen molar-refractivity contribution in [2.45, 2.75) is 46.1 Å². The lowest BCUT2D eigenvalue weighted by Crippen LogP contribution is -2.51. The van der Waals surface area contributed by atoms with E-state index in [0.717, 1.165) is 32.6 Å². The van der Waals surface area contributed by atoms with Crippen LogP contribution in [0.1, 0.15) is 40.5 Å². The van der Waals surface area contributed by atoms with Crippen LogP contribution >= 0.6 is 0 Å². The lowest BCUT2D eigenvalue weighted by Gasteiger charge is -2.27. The summed E-state index contributed by atoms with van der Waals surface area (Å²) < 4.78 is 0. The summed E-state index contributed by atoms with van der Waals surface area (Å²) in [7, 11) is 0. The molecule has 0 heterocycles. The van der Waals surface area contributed by atoms with Gasteiger partial charge in [0, 0.05) is 13.1 Å². The first-order valence-electron chi connectivity index (χ1n) is 6.20. The minimum absolute atomic E-state index is 0.667. The van der Waals surface area contributed by atoms with E-state index in [4.69, 9.17) is 5.11 Å². The van der Waals surface area contributed by atoms with E-state index in [9.17, 15) is 4.79 Å². The number of likely N-dealkylation sites (N-methyl/N-ethyl adjacent to an activating group) is 1. The molecule has 0 aromatic rings. The fraction of sp³-hybridized carbons (Fsp3) is 0.917. The molecule has 4 heteroatoms. The lowest BCUT2D eigenvalue weighted by molar-refractivity contribution is -0.144. The quantitative estimate of drug-likeness (QED) is 0.631. The zero-order valence-corrected chi connectivity index (χ0v) is 11.0.